The number of pyridine rings is 1. The van der Waals surface area contributed by atoms with Crippen LogP contribution in [0.25, 0.3) is 10.9 Å². The highest BCUT2D eigenvalue weighted by Crippen LogP contribution is 2.30. The number of nitrogens with zero attached hydrogens (tertiary/aromatic N) is 2. The number of aromatic nitrogens is 1. The van der Waals surface area contributed by atoms with Gasteiger partial charge in [0, 0.05) is 18.8 Å². The zero-order valence-corrected chi connectivity index (χ0v) is 11.9. The third-order valence-corrected chi connectivity index (χ3v) is 3.44. The zero-order chi connectivity index (χ0) is 16.4. The molecule has 1 heterocycles. The Morgan fingerprint density at radius 1 is 1.26 bits per heavy atom. The number of benzene rings is 2. The third-order valence-electron chi connectivity index (χ3n) is 3.44. The van der Waals surface area contributed by atoms with Gasteiger partial charge in [0.15, 0.2) is 11.6 Å². The molecule has 0 bridgehead atoms. The number of phenols is 1. The summed E-state index contributed by atoms with van der Waals surface area (Å²) in [7, 11) is 0. The van der Waals surface area contributed by atoms with E-state index in [1.165, 1.54) is 18.2 Å². The minimum absolute atomic E-state index is 0.0191. The summed E-state index contributed by atoms with van der Waals surface area (Å²) in [5.41, 5.74) is 1.69. The molecule has 23 heavy (non-hydrogen) atoms. The molecule has 0 aliphatic carbocycles. The number of hydrogen-bond donors (Lipinski definition) is 2. The summed E-state index contributed by atoms with van der Waals surface area (Å²) in [6.45, 7) is 0.292. The standard InChI is InChI=1S/C16H12FN3O3/c17-12-8-10(3-6-15(12)21)9-19-13-4-5-14(20(22)23)11-2-1-7-18-16(11)13/h1-8,19,21H,9H2. The number of rotatable bonds is 4. The number of hydrogen-bond acceptors (Lipinski definition) is 5. The fourth-order valence-electron chi connectivity index (χ4n) is 2.32. The highest BCUT2D eigenvalue weighted by molar-refractivity contribution is 5.96. The molecule has 0 amide bonds. The predicted octanol–water partition coefficient (Wildman–Crippen LogP) is 3.60. The fourth-order valence-corrected chi connectivity index (χ4v) is 2.32. The molecule has 0 aliphatic rings. The quantitative estimate of drug-likeness (QED) is 0.567. The minimum atomic E-state index is -0.698. The van der Waals surface area contributed by atoms with E-state index < -0.39 is 16.5 Å². The van der Waals surface area contributed by atoms with Crippen LogP contribution in [0.4, 0.5) is 15.8 Å². The van der Waals surface area contributed by atoms with Crippen LogP contribution in [0.1, 0.15) is 5.56 Å². The lowest BCUT2D eigenvalue weighted by molar-refractivity contribution is -0.383. The first-order chi connectivity index (χ1) is 11.1. The van der Waals surface area contributed by atoms with Gasteiger partial charge in [-0.05, 0) is 35.9 Å². The van der Waals surface area contributed by atoms with E-state index >= 15 is 0 Å². The summed E-state index contributed by atoms with van der Waals surface area (Å²) in [5.74, 6) is -1.10. The van der Waals surface area contributed by atoms with E-state index in [9.17, 15) is 19.6 Å². The lowest BCUT2D eigenvalue weighted by atomic mass is 10.1. The molecule has 3 aromatic rings. The molecule has 0 radical (unpaired) electrons. The molecule has 0 saturated carbocycles. The molecule has 2 aromatic carbocycles. The number of non-ortho nitro benzene ring substituents is 1. The van der Waals surface area contributed by atoms with Crippen molar-refractivity contribution in [3.8, 4) is 5.75 Å². The molecule has 116 valence electrons. The van der Waals surface area contributed by atoms with Gasteiger partial charge >= 0.3 is 0 Å². The first-order valence-corrected chi connectivity index (χ1v) is 6.79. The van der Waals surface area contributed by atoms with Crippen LogP contribution in [0.3, 0.4) is 0 Å². The number of phenolic OH excluding ortho intramolecular Hbond substituents is 1. The zero-order valence-electron chi connectivity index (χ0n) is 11.9. The van der Waals surface area contributed by atoms with Crippen molar-refractivity contribution < 1.29 is 14.4 Å². The first-order valence-electron chi connectivity index (χ1n) is 6.79. The summed E-state index contributed by atoms with van der Waals surface area (Å²) in [6, 6.07) is 10.3. The lowest BCUT2D eigenvalue weighted by Crippen LogP contribution is -2.02. The monoisotopic (exact) mass is 313 g/mol. The van der Waals surface area contributed by atoms with Gasteiger partial charge in [-0.15, -0.1) is 0 Å². The first kappa shape index (κ1) is 14.7. The second-order valence-electron chi connectivity index (χ2n) is 4.93. The van der Waals surface area contributed by atoms with Crippen molar-refractivity contribution in [2.75, 3.05) is 5.32 Å². The van der Waals surface area contributed by atoms with Gasteiger partial charge in [0.05, 0.1) is 16.0 Å². The van der Waals surface area contributed by atoms with E-state index in [1.807, 2.05) is 0 Å². The Hall–Kier alpha value is -3.22. The van der Waals surface area contributed by atoms with E-state index in [-0.39, 0.29) is 5.69 Å². The number of nitrogens with one attached hydrogen (secondary N) is 1. The molecule has 7 heteroatoms. The fraction of sp³-hybridized carbons (Fsp3) is 0.0625. The van der Waals surface area contributed by atoms with Crippen LogP contribution in [-0.4, -0.2) is 15.0 Å². The molecular formula is C16H12FN3O3. The van der Waals surface area contributed by atoms with E-state index in [2.05, 4.69) is 10.3 Å². The average Bonchev–Trinajstić information content (AvgIpc) is 2.55. The SMILES string of the molecule is O=[N+]([O-])c1ccc(NCc2ccc(O)c(F)c2)c2ncccc12. The van der Waals surface area contributed by atoms with Crippen molar-refractivity contribution >= 4 is 22.3 Å². The van der Waals surface area contributed by atoms with Gasteiger partial charge in [0.25, 0.3) is 5.69 Å². The van der Waals surface area contributed by atoms with Crippen molar-refractivity contribution in [2.24, 2.45) is 0 Å². The molecule has 0 aliphatic heterocycles. The van der Waals surface area contributed by atoms with Gasteiger partial charge in [-0.2, -0.15) is 0 Å². The largest absolute Gasteiger partial charge is 0.505 e. The van der Waals surface area contributed by atoms with Crippen LogP contribution in [-0.2, 0) is 6.54 Å². The molecule has 0 saturated heterocycles. The van der Waals surface area contributed by atoms with Gasteiger partial charge in [-0.3, -0.25) is 15.1 Å². The molecule has 0 spiro atoms. The maximum absolute atomic E-state index is 13.3. The Kier molecular flexibility index (Phi) is 3.76. The van der Waals surface area contributed by atoms with Gasteiger partial charge in [-0.25, -0.2) is 4.39 Å². The number of nitro benzene ring substituents is 1. The molecule has 6 nitrogen and oxygen atoms in total. The van der Waals surface area contributed by atoms with Crippen molar-refractivity contribution in [1.29, 1.82) is 0 Å². The van der Waals surface area contributed by atoms with E-state index in [4.69, 9.17) is 0 Å². The third kappa shape index (κ3) is 2.89. The van der Waals surface area contributed by atoms with Crippen molar-refractivity contribution in [2.45, 2.75) is 6.54 Å². The van der Waals surface area contributed by atoms with Gasteiger partial charge in [0.2, 0.25) is 0 Å². The summed E-state index contributed by atoms with van der Waals surface area (Å²) < 4.78 is 13.3. The van der Waals surface area contributed by atoms with E-state index in [0.29, 0.717) is 28.7 Å². The topological polar surface area (TPSA) is 88.3 Å². The Morgan fingerprint density at radius 2 is 2.09 bits per heavy atom. The van der Waals surface area contributed by atoms with Crippen molar-refractivity contribution in [1.82, 2.24) is 4.98 Å². The Labute approximate surface area is 130 Å². The summed E-state index contributed by atoms with van der Waals surface area (Å²) in [4.78, 5) is 14.8. The van der Waals surface area contributed by atoms with E-state index in [0.717, 1.165) is 0 Å². The maximum atomic E-state index is 13.3. The van der Waals surface area contributed by atoms with E-state index in [1.54, 1.807) is 30.5 Å². The number of aromatic hydroxyl groups is 1. The lowest BCUT2D eigenvalue weighted by Gasteiger charge is -2.10. The second kappa shape index (κ2) is 5.88. The molecule has 0 fully saturated rings. The maximum Gasteiger partial charge on any atom is 0.278 e. The molecular weight excluding hydrogens is 301 g/mol. The van der Waals surface area contributed by atoms with Crippen LogP contribution in [0, 0.1) is 15.9 Å². The summed E-state index contributed by atoms with van der Waals surface area (Å²) in [6.07, 6.45) is 1.55. The molecule has 0 atom stereocenters. The van der Waals surface area contributed by atoms with Crippen molar-refractivity contribution in [3.05, 3.63) is 70.2 Å². The van der Waals surface area contributed by atoms with Crippen LogP contribution in [0.15, 0.2) is 48.7 Å². The number of anilines is 1. The van der Waals surface area contributed by atoms with Crippen LogP contribution < -0.4 is 5.32 Å². The van der Waals surface area contributed by atoms with Gasteiger partial charge < -0.3 is 10.4 Å². The Balaban J connectivity index is 1.93. The second-order valence-corrected chi connectivity index (χ2v) is 4.93. The van der Waals surface area contributed by atoms with Crippen molar-refractivity contribution in [3.63, 3.8) is 0 Å². The number of fused-ring (bicyclic) bond motifs is 1. The Morgan fingerprint density at radius 3 is 2.83 bits per heavy atom. The Bertz CT molecular complexity index is 899. The highest BCUT2D eigenvalue weighted by Gasteiger charge is 2.14. The summed E-state index contributed by atoms with van der Waals surface area (Å²) >= 11 is 0. The highest BCUT2D eigenvalue weighted by atomic mass is 19.1. The normalized spacial score (nSPS) is 10.7. The predicted molar refractivity (Wildman–Crippen MR) is 83.8 cm³/mol. The number of halogens is 1. The van der Waals surface area contributed by atoms with Crippen LogP contribution in [0.2, 0.25) is 0 Å². The molecule has 2 N–H and O–H groups in total. The summed E-state index contributed by atoms with van der Waals surface area (Å²) in [5, 5.41) is 23.8. The van der Waals surface area contributed by atoms with Gasteiger partial charge in [-0.1, -0.05) is 6.07 Å². The minimum Gasteiger partial charge on any atom is -0.505 e. The molecule has 3 rings (SSSR count). The molecule has 0 unspecified atom stereocenters. The average molecular weight is 313 g/mol. The van der Waals surface area contributed by atoms with Gasteiger partial charge in [0.1, 0.15) is 5.52 Å². The smallest absolute Gasteiger partial charge is 0.278 e. The molecule has 1 aromatic heterocycles. The number of nitro groups is 1. The van der Waals surface area contributed by atoms with Crippen LogP contribution >= 0.6 is 0 Å². The van der Waals surface area contributed by atoms with Crippen LogP contribution in [0.5, 0.6) is 5.75 Å².